The summed E-state index contributed by atoms with van der Waals surface area (Å²) in [5.41, 5.74) is 0. The van der Waals surface area contributed by atoms with E-state index in [1.54, 1.807) is 0 Å². The van der Waals surface area contributed by atoms with Gasteiger partial charge in [0.25, 0.3) is 0 Å². The van der Waals surface area contributed by atoms with Crippen molar-refractivity contribution in [3.8, 4) is 5.75 Å². The van der Waals surface area contributed by atoms with E-state index >= 15 is 0 Å². The fourth-order valence-electron chi connectivity index (χ4n) is 1.66. The molecule has 1 aliphatic rings. The molecule has 0 saturated heterocycles. The topological polar surface area (TPSA) is 26.3 Å². The molecular weight excluding hydrogens is 195 g/mol. The van der Waals surface area contributed by atoms with Crippen LogP contribution in [0.4, 0.5) is 0 Å². The molecule has 14 heavy (non-hydrogen) atoms. The van der Waals surface area contributed by atoms with Crippen molar-refractivity contribution < 1.29 is 9.30 Å². The fraction of sp³-hybridized carbons (Fsp3) is 0.455. The van der Waals surface area contributed by atoms with Crippen molar-refractivity contribution in [1.82, 2.24) is 0 Å². The van der Waals surface area contributed by atoms with Crippen LogP contribution in [-0.2, 0) is 4.57 Å². The van der Waals surface area contributed by atoms with Gasteiger partial charge in [0, 0.05) is 5.16 Å². The molecule has 0 N–H and O–H groups in total. The second kappa shape index (κ2) is 2.87. The van der Waals surface area contributed by atoms with Gasteiger partial charge < -0.3 is 9.30 Å². The van der Waals surface area contributed by atoms with E-state index in [0.29, 0.717) is 6.35 Å². The third-order valence-corrected chi connectivity index (χ3v) is 6.55. The fourth-order valence-corrected chi connectivity index (χ4v) is 4.05. The minimum Gasteiger partial charge on any atom is -0.485 e. The Morgan fingerprint density at radius 3 is 2.57 bits per heavy atom. The molecule has 0 radical (unpaired) electrons. The van der Waals surface area contributed by atoms with Gasteiger partial charge in [0.1, 0.15) is 12.1 Å². The summed E-state index contributed by atoms with van der Waals surface area (Å²) in [6.07, 6.45) is 0.357. The molecule has 2 rings (SSSR count). The van der Waals surface area contributed by atoms with Crippen LogP contribution in [-0.4, -0.2) is 11.5 Å². The van der Waals surface area contributed by atoms with Crippen molar-refractivity contribution >= 4 is 12.4 Å². The normalized spacial score (nSPS) is 25.6. The zero-order valence-corrected chi connectivity index (χ0v) is 9.67. The first-order valence-electron chi connectivity index (χ1n) is 4.77. The summed E-state index contributed by atoms with van der Waals surface area (Å²) in [5, 5.41) is 0.701. The molecule has 0 bridgehead atoms. The molecule has 0 saturated carbocycles. The summed E-state index contributed by atoms with van der Waals surface area (Å²) in [7, 11) is -2.37. The third-order valence-electron chi connectivity index (χ3n) is 2.74. The van der Waals surface area contributed by atoms with Gasteiger partial charge in [-0.1, -0.05) is 32.9 Å². The molecular formula is C11H15O2P. The lowest BCUT2D eigenvalue weighted by Crippen LogP contribution is -2.21. The average molecular weight is 210 g/mol. The third kappa shape index (κ3) is 1.21. The zero-order chi connectivity index (χ0) is 10.4. The summed E-state index contributed by atoms with van der Waals surface area (Å²) in [4.78, 5) is 0. The smallest absolute Gasteiger partial charge is 0.159 e. The van der Waals surface area contributed by atoms with E-state index < -0.39 is 7.14 Å². The van der Waals surface area contributed by atoms with Crippen LogP contribution in [0.3, 0.4) is 0 Å². The molecule has 1 aliphatic heterocycles. The Morgan fingerprint density at radius 1 is 1.29 bits per heavy atom. The minimum atomic E-state index is -2.37. The molecule has 1 aromatic rings. The lowest BCUT2D eigenvalue weighted by molar-refractivity contribution is 0.389. The molecule has 1 aromatic carbocycles. The number of para-hydroxylation sites is 1. The van der Waals surface area contributed by atoms with Crippen molar-refractivity contribution in [2.24, 2.45) is 0 Å². The minimum absolute atomic E-state index is 0.209. The van der Waals surface area contributed by atoms with Crippen LogP contribution in [0, 0.1) is 0 Å². The first-order chi connectivity index (χ1) is 6.45. The lowest BCUT2D eigenvalue weighted by atomic mass is 10.3. The average Bonchev–Trinajstić information content (AvgIpc) is 2.45. The molecule has 3 heteroatoms. The van der Waals surface area contributed by atoms with Crippen molar-refractivity contribution in [3.63, 3.8) is 0 Å². The van der Waals surface area contributed by atoms with Crippen LogP contribution in [0.5, 0.6) is 5.75 Å². The lowest BCUT2D eigenvalue weighted by Gasteiger charge is -2.26. The number of fused-ring (bicyclic) bond motifs is 1. The van der Waals surface area contributed by atoms with Gasteiger partial charge in [-0.15, -0.1) is 0 Å². The standard InChI is InChI=1S/C11H15O2P/c1-11(2,3)14(12)8-13-9-6-4-5-7-10(9)14/h4-7H,8H2,1-3H3/t14-/m0/s1. The van der Waals surface area contributed by atoms with Gasteiger partial charge in [-0.3, -0.25) is 0 Å². The molecule has 0 aliphatic carbocycles. The Bertz CT molecular complexity index is 404. The molecule has 0 amide bonds. The van der Waals surface area contributed by atoms with Gasteiger partial charge in [-0.2, -0.15) is 0 Å². The molecule has 1 heterocycles. The summed E-state index contributed by atoms with van der Waals surface area (Å²) in [6.45, 7) is 6.04. The van der Waals surface area contributed by atoms with E-state index in [1.165, 1.54) is 0 Å². The Kier molecular flexibility index (Phi) is 2.01. The molecule has 2 nitrogen and oxygen atoms in total. The van der Waals surface area contributed by atoms with E-state index in [0.717, 1.165) is 11.1 Å². The highest BCUT2D eigenvalue weighted by molar-refractivity contribution is 7.73. The molecule has 0 aromatic heterocycles. The first-order valence-corrected chi connectivity index (χ1v) is 6.66. The molecule has 0 unspecified atom stereocenters. The molecule has 76 valence electrons. The largest absolute Gasteiger partial charge is 0.485 e. The van der Waals surface area contributed by atoms with Crippen LogP contribution >= 0.6 is 7.14 Å². The van der Waals surface area contributed by atoms with Gasteiger partial charge >= 0.3 is 0 Å². The van der Waals surface area contributed by atoms with E-state index in [4.69, 9.17) is 4.74 Å². The van der Waals surface area contributed by atoms with Crippen LogP contribution in [0.15, 0.2) is 24.3 Å². The van der Waals surface area contributed by atoms with Crippen molar-refractivity contribution in [3.05, 3.63) is 24.3 Å². The summed E-state index contributed by atoms with van der Waals surface area (Å²) in [5.74, 6) is 0.797. The summed E-state index contributed by atoms with van der Waals surface area (Å²) < 4.78 is 18.2. The highest BCUT2D eigenvalue weighted by Gasteiger charge is 2.44. The van der Waals surface area contributed by atoms with E-state index in [-0.39, 0.29) is 5.16 Å². The maximum absolute atomic E-state index is 12.7. The maximum Gasteiger partial charge on any atom is 0.159 e. The van der Waals surface area contributed by atoms with Crippen LogP contribution in [0.1, 0.15) is 20.8 Å². The highest BCUT2D eigenvalue weighted by atomic mass is 31.2. The quantitative estimate of drug-likeness (QED) is 0.615. The Morgan fingerprint density at radius 2 is 1.93 bits per heavy atom. The van der Waals surface area contributed by atoms with E-state index in [1.807, 2.05) is 45.0 Å². The van der Waals surface area contributed by atoms with Gasteiger partial charge in [-0.05, 0) is 12.1 Å². The van der Waals surface area contributed by atoms with Crippen molar-refractivity contribution in [1.29, 1.82) is 0 Å². The molecule has 0 spiro atoms. The number of rotatable bonds is 0. The van der Waals surface area contributed by atoms with Crippen LogP contribution < -0.4 is 10.0 Å². The first kappa shape index (κ1) is 9.79. The van der Waals surface area contributed by atoms with Crippen LogP contribution in [0.25, 0.3) is 0 Å². The van der Waals surface area contributed by atoms with Gasteiger partial charge in [-0.25, -0.2) is 0 Å². The van der Waals surface area contributed by atoms with Crippen LogP contribution in [0.2, 0.25) is 0 Å². The Balaban J connectivity index is 2.59. The maximum atomic E-state index is 12.7. The van der Waals surface area contributed by atoms with Crippen molar-refractivity contribution in [2.45, 2.75) is 25.9 Å². The number of hydrogen-bond donors (Lipinski definition) is 0. The highest BCUT2D eigenvalue weighted by Crippen LogP contribution is 2.60. The molecule has 1 atom stereocenters. The Hall–Kier alpha value is -0.750. The summed E-state index contributed by atoms with van der Waals surface area (Å²) in [6, 6.07) is 7.65. The second-order valence-electron chi connectivity index (χ2n) is 4.65. The predicted octanol–water partition coefficient (Wildman–Crippen LogP) is 2.82. The number of ether oxygens (including phenoxy) is 1. The van der Waals surface area contributed by atoms with Crippen molar-refractivity contribution in [2.75, 3.05) is 6.35 Å². The summed E-state index contributed by atoms with van der Waals surface area (Å²) >= 11 is 0. The van der Waals surface area contributed by atoms with Gasteiger partial charge in [0.2, 0.25) is 0 Å². The number of benzene rings is 1. The zero-order valence-electron chi connectivity index (χ0n) is 8.78. The Labute approximate surface area is 84.7 Å². The number of hydrogen-bond acceptors (Lipinski definition) is 2. The molecule has 0 fully saturated rings. The van der Waals surface area contributed by atoms with E-state index in [9.17, 15) is 4.57 Å². The SMILES string of the molecule is CC(C)(C)[P@]1(=O)COc2ccccc21. The van der Waals surface area contributed by atoms with Gasteiger partial charge in [0.05, 0.1) is 5.30 Å². The van der Waals surface area contributed by atoms with Gasteiger partial charge in [0.15, 0.2) is 7.14 Å². The monoisotopic (exact) mass is 210 g/mol. The van der Waals surface area contributed by atoms with E-state index in [2.05, 4.69) is 0 Å². The predicted molar refractivity (Wildman–Crippen MR) is 58.9 cm³/mol. The second-order valence-corrected chi connectivity index (χ2v) is 8.21.